The first-order chi connectivity index (χ1) is 7.52. The number of ether oxygens (including phenoxy) is 1. The lowest BCUT2D eigenvalue weighted by Gasteiger charge is -2.28. The van der Waals surface area contributed by atoms with Crippen molar-refractivity contribution in [1.82, 2.24) is 4.90 Å². The van der Waals surface area contributed by atoms with Crippen LogP contribution in [0.4, 0.5) is 0 Å². The normalized spacial score (nSPS) is 12.6. The summed E-state index contributed by atoms with van der Waals surface area (Å²) in [6, 6.07) is 1.84. The van der Waals surface area contributed by atoms with Crippen LogP contribution in [0.2, 0.25) is 0 Å². The number of nitrogens with zero attached hydrogens (tertiary/aromatic N) is 2. The Morgan fingerprint density at radius 3 is 2.50 bits per heavy atom. The summed E-state index contributed by atoms with van der Waals surface area (Å²) in [6.45, 7) is 9.65. The number of esters is 1. The van der Waals surface area contributed by atoms with E-state index >= 15 is 0 Å². The van der Waals surface area contributed by atoms with Crippen molar-refractivity contribution in [1.29, 1.82) is 5.26 Å². The van der Waals surface area contributed by atoms with E-state index in [1.807, 2.05) is 11.8 Å². The Morgan fingerprint density at radius 1 is 1.44 bits per heavy atom. The SMILES string of the molecule is CCOC(=O)C(C)N(CCC#N)CC(C)C. The van der Waals surface area contributed by atoms with E-state index in [2.05, 4.69) is 19.9 Å². The van der Waals surface area contributed by atoms with Gasteiger partial charge in [-0.3, -0.25) is 9.69 Å². The summed E-state index contributed by atoms with van der Waals surface area (Å²) in [7, 11) is 0. The van der Waals surface area contributed by atoms with E-state index < -0.39 is 0 Å². The standard InChI is InChI=1S/C12H22N2O2/c1-5-16-12(15)11(4)14(8-6-7-13)9-10(2)3/h10-11H,5-6,8-9H2,1-4H3. The van der Waals surface area contributed by atoms with Crippen LogP contribution in [-0.2, 0) is 9.53 Å². The minimum Gasteiger partial charge on any atom is -0.465 e. The number of hydrogen-bond acceptors (Lipinski definition) is 4. The predicted octanol–water partition coefficient (Wildman–Crippen LogP) is 1.81. The molecule has 92 valence electrons. The lowest BCUT2D eigenvalue weighted by Crippen LogP contribution is -2.42. The summed E-state index contributed by atoms with van der Waals surface area (Å²) in [5, 5.41) is 8.58. The monoisotopic (exact) mass is 226 g/mol. The van der Waals surface area contributed by atoms with E-state index in [0.717, 1.165) is 6.54 Å². The molecule has 0 bridgehead atoms. The molecule has 0 spiro atoms. The summed E-state index contributed by atoms with van der Waals surface area (Å²) in [4.78, 5) is 13.6. The minimum absolute atomic E-state index is 0.207. The maximum atomic E-state index is 11.6. The molecule has 0 N–H and O–H groups in total. The van der Waals surface area contributed by atoms with Crippen molar-refractivity contribution in [2.45, 2.75) is 40.2 Å². The first kappa shape index (κ1) is 14.9. The fourth-order valence-electron chi connectivity index (χ4n) is 1.52. The molecule has 4 heteroatoms. The van der Waals surface area contributed by atoms with Gasteiger partial charge in [0, 0.05) is 19.5 Å². The number of carbonyl (C=O) groups is 1. The van der Waals surface area contributed by atoms with Gasteiger partial charge in [-0.1, -0.05) is 13.8 Å². The summed E-state index contributed by atoms with van der Waals surface area (Å²) in [5.74, 6) is 0.261. The van der Waals surface area contributed by atoms with Gasteiger partial charge >= 0.3 is 5.97 Å². The smallest absolute Gasteiger partial charge is 0.323 e. The van der Waals surface area contributed by atoms with Crippen molar-refractivity contribution >= 4 is 5.97 Å². The van der Waals surface area contributed by atoms with Gasteiger partial charge in [0.15, 0.2) is 0 Å². The predicted molar refractivity (Wildman–Crippen MR) is 62.7 cm³/mol. The molecule has 16 heavy (non-hydrogen) atoms. The number of hydrogen-bond donors (Lipinski definition) is 0. The van der Waals surface area contributed by atoms with Crippen LogP contribution < -0.4 is 0 Å². The molecule has 0 rings (SSSR count). The van der Waals surface area contributed by atoms with Crippen LogP contribution in [0.1, 0.15) is 34.1 Å². The van der Waals surface area contributed by atoms with Crippen molar-refractivity contribution in [2.24, 2.45) is 5.92 Å². The van der Waals surface area contributed by atoms with E-state index in [4.69, 9.17) is 10.00 Å². The van der Waals surface area contributed by atoms with Crippen molar-refractivity contribution < 1.29 is 9.53 Å². The molecule has 0 aliphatic carbocycles. The average Bonchev–Trinajstić information content (AvgIpc) is 2.23. The van der Waals surface area contributed by atoms with Crippen LogP contribution in [0.3, 0.4) is 0 Å². The minimum atomic E-state index is -0.268. The Balaban J connectivity index is 4.36. The third kappa shape index (κ3) is 5.72. The number of nitriles is 1. The summed E-state index contributed by atoms with van der Waals surface area (Å²) < 4.78 is 4.98. The maximum Gasteiger partial charge on any atom is 0.323 e. The molecular formula is C12H22N2O2. The zero-order valence-corrected chi connectivity index (χ0v) is 10.7. The highest BCUT2D eigenvalue weighted by molar-refractivity contribution is 5.75. The second-order valence-electron chi connectivity index (χ2n) is 4.22. The van der Waals surface area contributed by atoms with E-state index in [1.165, 1.54) is 0 Å². The zero-order valence-electron chi connectivity index (χ0n) is 10.7. The Labute approximate surface area is 98.2 Å². The van der Waals surface area contributed by atoms with Crippen LogP contribution >= 0.6 is 0 Å². The second kappa shape index (κ2) is 8.12. The lowest BCUT2D eigenvalue weighted by molar-refractivity contribution is -0.149. The van der Waals surface area contributed by atoms with Gasteiger partial charge < -0.3 is 4.74 Å². The molecular weight excluding hydrogens is 204 g/mol. The number of carbonyl (C=O) groups excluding carboxylic acids is 1. The zero-order chi connectivity index (χ0) is 12.6. The Hall–Kier alpha value is -1.08. The van der Waals surface area contributed by atoms with Gasteiger partial charge in [0.2, 0.25) is 0 Å². The van der Waals surface area contributed by atoms with Crippen LogP contribution in [0.5, 0.6) is 0 Å². The molecule has 0 aliphatic heterocycles. The topological polar surface area (TPSA) is 53.3 Å². The molecule has 0 amide bonds. The fraction of sp³-hybridized carbons (Fsp3) is 0.833. The van der Waals surface area contributed by atoms with E-state index in [-0.39, 0.29) is 12.0 Å². The van der Waals surface area contributed by atoms with E-state index in [0.29, 0.717) is 25.5 Å². The largest absolute Gasteiger partial charge is 0.465 e. The fourth-order valence-corrected chi connectivity index (χ4v) is 1.52. The molecule has 0 aromatic rings. The second-order valence-corrected chi connectivity index (χ2v) is 4.22. The Bertz CT molecular complexity index is 246. The van der Waals surface area contributed by atoms with Crippen LogP contribution in [0.15, 0.2) is 0 Å². The molecule has 0 aromatic carbocycles. The third-order valence-corrected chi connectivity index (χ3v) is 2.29. The van der Waals surface area contributed by atoms with Gasteiger partial charge in [-0.25, -0.2) is 0 Å². The van der Waals surface area contributed by atoms with Crippen molar-refractivity contribution in [3.8, 4) is 6.07 Å². The summed E-state index contributed by atoms with van der Waals surface area (Å²) in [5.41, 5.74) is 0. The first-order valence-electron chi connectivity index (χ1n) is 5.80. The highest BCUT2D eigenvalue weighted by atomic mass is 16.5. The van der Waals surface area contributed by atoms with Gasteiger partial charge in [-0.15, -0.1) is 0 Å². The molecule has 0 radical (unpaired) electrons. The Morgan fingerprint density at radius 2 is 2.06 bits per heavy atom. The average molecular weight is 226 g/mol. The van der Waals surface area contributed by atoms with Crippen LogP contribution in [-0.4, -0.2) is 36.6 Å². The molecule has 1 unspecified atom stereocenters. The molecule has 0 aromatic heterocycles. The van der Waals surface area contributed by atoms with Crippen molar-refractivity contribution in [2.75, 3.05) is 19.7 Å². The summed E-state index contributed by atoms with van der Waals surface area (Å²) in [6.07, 6.45) is 0.441. The van der Waals surface area contributed by atoms with Crippen LogP contribution in [0.25, 0.3) is 0 Å². The summed E-state index contributed by atoms with van der Waals surface area (Å²) >= 11 is 0. The molecule has 0 fully saturated rings. The molecule has 0 saturated heterocycles. The highest BCUT2D eigenvalue weighted by Crippen LogP contribution is 2.07. The third-order valence-electron chi connectivity index (χ3n) is 2.29. The van der Waals surface area contributed by atoms with Gasteiger partial charge in [0.25, 0.3) is 0 Å². The molecule has 1 atom stereocenters. The van der Waals surface area contributed by atoms with Crippen LogP contribution in [0, 0.1) is 17.2 Å². The van der Waals surface area contributed by atoms with Crippen molar-refractivity contribution in [3.05, 3.63) is 0 Å². The molecule has 0 saturated carbocycles. The van der Waals surface area contributed by atoms with Gasteiger partial charge in [0.05, 0.1) is 12.7 Å². The molecule has 0 aliphatic rings. The van der Waals surface area contributed by atoms with E-state index in [9.17, 15) is 4.79 Å². The van der Waals surface area contributed by atoms with E-state index in [1.54, 1.807) is 6.92 Å². The quantitative estimate of drug-likeness (QED) is 0.621. The van der Waals surface area contributed by atoms with Gasteiger partial charge in [0.1, 0.15) is 6.04 Å². The number of rotatable bonds is 7. The Kier molecular flexibility index (Phi) is 7.57. The lowest BCUT2D eigenvalue weighted by atomic mass is 10.1. The van der Waals surface area contributed by atoms with Gasteiger partial charge in [-0.2, -0.15) is 5.26 Å². The molecule has 0 heterocycles. The first-order valence-corrected chi connectivity index (χ1v) is 5.80. The molecule has 4 nitrogen and oxygen atoms in total. The van der Waals surface area contributed by atoms with Gasteiger partial charge in [-0.05, 0) is 19.8 Å². The maximum absolute atomic E-state index is 11.6. The van der Waals surface area contributed by atoms with Crippen molar-refractivity contribution in [3.63, 3.8) is 0 Å². The highest BCUT2D eigenvalue weighted by Gasteiger charge is 2.22.